The maximum atomic E-state index is 13.4. The molecule has 0 saturated carbocycles. The standard InChI is InChI=1S/C21H23N3O2S2/c1-12-17-19(22-16-6-4-3-5-9-24(16)20(17)25)28-18(12)21(26)23-10-7-15-14(13(23)2)8-11-27-15/h8,11,13H,3-7,9-10H2,1-2H3. The molecule has 28 heavy (non-hydrogen) atoms. The number of carbonyl (C=O) groups excluding carboxylic acids is 1. The highest BCUT2D eigenvalue weighted by atomic mass is 32.1. The van der Waals surface area contributed by atoms with Crippen molar-refractivity contribution in [2.24, 2.45) is 0 Å². The molecule has 1 atom stereocenters. The summed E-state index contributed by atoms with van der Waals surface area (Å²) in [5.41, 5.74) is 2.08. The van der Waals surface area contributed by atoms with Crippen LogP contribution in [0.15, 0.2) is 16.2 Å². The van der Waals surface area contributed by atoms with Gasteiger partial charge in [-0.05, 0) is 55.7 Å². The van der Waals surface area contributed by atoms with E-state index in [0.717, 1.165) is 61.4 Å². The molecular weight excluding hydrogens is 390 g/mol. The van der Waals surface area contributed by atoms with E-state index in [1.807, 2.05) is 16.4 Å². The lowest BCUT2D eigenvalue weighted by Crippen LogP contribution is -2.38. The van der Waals surface area contributed by atoms with E-state index in [0.29, 0.717) is 10.3 Å². The number of rotatable bonds is 1. The lowest BCUT2D eigenvalue weighted by Gasteiger charge is -2.33. The Balaban J connectivity index is 1.58. The number of aryl methyl sites for hydroxylation is 2. The zero-order valence-corrected chi connectivity index (χ0v) is 17.8. The summed E-state index contributed by atoms with van der Waals surface area (Å²) in [7, 11) is 0. The molecule has 146 valence electrons. The predicted molar refractivity (Wildman–Crippen MR) is 114 cm³/mol. The van der Waals surface area contributed by atoms with Gasteiger partial charge in [-0.15, -0.1) is 22.7 Å². The summed E-state index contributed by atoms with van der Waals surface area (Å²) in [6.45, 7) is 5.47. The summed E-state index contributed by atoms with van der Waals surface area (Å²) >= 11 is 3.17. The van der Waals surface area contributed by atoms with Crippen molar-refractivity contribution in [2.75, 3.05) is 6.54 Å². The van der Waals surface area contributed by atoms with Crippen LogP contribution in [-0.4, -0.2) is 26.9 Å². The van der Waals surface area contributed by atoms with E-state index in [9.17, 15) is 9.59 Å². The fraction of sp³-hybridized carbons (Fsp3) is 0.476. The van der Waals surface area contributed by atoms with Crippen LogP contribution in [0.3, 0.4) is 0 Å². The van der Waals surface area contributed by atoms with Gasteiger partial charge in [-0.3, -0.25) is 14.2 Å². The molecule has 1 amide bonds. The lowest BCUT2D eigenvalue weighted by molar-refractivity contribution is 0.0684. The van der Waals surface area contributed by atoms with Gasteiger partial charge in [-0.1, -0.05) is 6.42 Å². The number of hydrogen-bond acceptors (Lipinski definition) is 5. The molecule has 0 aromatic carbocycles. The second kappa shape index (κ2) is 6.81. The van der Waals surface area contributed by atoms with E-state index in [2.05, 4.69) is 18.4 Å². The van der Waals surface area contributed by atoms with E-state index in [-0.39, 0.29) is 17.5 Å². The average Bonchev–Trinajstić information content (AvgIpc) is 3.20. The van der Waals surface area contributed by atoms with Crippen molar-refractivity contribution in [2.45, 2.75) is 58.5 Å². The zero-order chi connectivity index (χ0) is 19.4. The largest absolute Gasteiger partial charge is 0.331 e. The molecule has 2 aliphatic heterocycles. The predicted octanol–water partition coefficient (Wildman–Crippen LogP) is 4.31. The molecule has 3 aromatic rings. The van der Waals surface area contributed by atoms with Gasteiger partial charge < -0.3 is 4.90 Å². The SMILES string of the molecule is Cc1c(C(=O)N2CCc3sccc3C2C)sc2nc3n(c(=O)c12)CCCCC3. The van der Waals surface area contributed by atoms with Crippen molar-refractivity contribution < 1.29 is 4.79 Å². The second-order valence-corrected chi connectivity index (χ2v) is 9.76. The average molecular weight is 414 g/mol. The third-order valence-corrected chi connectivity index (χ3v) is 8.31. The maximum Gasteiger partial charge on any atom is 0.264 e. The van der Waals surface area contributed by atoms with Crippen molar-refractivity contribution >= 4 is 38.8 Å². The van der Waals surface area contributed by atoms with Gasteiger partial charge >= 0.3 is 0 Å². The fourth-order valence-corrected chi connectivity index (χ4v) is 6.64. The Labute approximate surface area is 171 Å². The van der Waals surface area contributed by atoms with E-state index < -0.39 is 0 Å². The number of hydrogen-bond donors (Lipinski definition) is 0. The van der Waals surface area contributed by atoms with Crippen molar-refractivity contribution in [3.63, 3.8) is 0 Å². The van der Waals surface area contributed by atoms with Crippen LogP contribution in [-0.2, 0) is 19.4 Å². The first kappa shape index (κ1) is 18.1. The Bertz CT molecular complexity index is 1140. The summed E-state index contributed by atoms with van der Waals surface area (Å²) in [6.07, 6.45) is 4.97. The van der Waals surface area contributed by atoms with E-state index in [1.54, 1.807) is 11.3 Å². The third-order valence-electron chi connectivity index (χ3n) is 6.14. The molecule has 0 fully saturated rings. The number of nitrogens with zero attached hydrogens (tertiary/aromatic N) is 3. The highest BCUT2D eigenvalue weighted by Gasteiger charge is 2.32. The molecule has 0 bridgehead atoms. The number of aromatic nitrogens is 2. The number of fused-ring (bicyclic) bond motifs is 3. The maximum absolute atomic E-state index is 13.4. The van der Waals surface area contributed by atoms with Crippen LogP contribution < -0.4 is 5.56 Å². The van der Waals surface area contributed by atoms with Gasteiger partial charge in [-0.25, -0.2) is 4.98 Å². The van der Waals surface area contributed by atoms with Gasteiger partial charge in [-0.2, -0.15) is 0 Å². The van der Waals surface area contributed by atoms with Gasteiger partial charge in [0, 0.05) is 24.4 Å². The van der Waals surface area contributed by atoms with Crippen LogP contribution in [0.25, 0.3) is 10.2 Å². The molecule has 5 rings (SSSR count). The van der Waals surface area contributed by atoms with Crippen molar-refractivity contribution in [3.05, 3.63) is 48.5 Å². The highest BCUT2D eigenvalue weighted by Crippen LogP contribution is 2.36. The minimum Gasteiger partial charge on any atom is -0.331 e. The summed E-state index contributed by atoms with van der Waals surface area (Å²) in [5.74, 6) is 0.911. The van der Waals surface area contributed by atoms with Gasteiger partial charge in [0.05, 0.1) is 16.3 Å². The van der Waals surface area contributed by atoms with E-state index in [1.165, 1.54) is 21.8 Å². The minimum absolute atomic E-state index is 0.0292. The number of amides is 1. The lowest BCUT2D eigenvalue weighted by atomic mass is 10.0. The normalized spacial score (nSPS) is 19.4. The molecule has 5 nitrogen and oxygen atoms in total. The Hall–Kier alpha value is -1.99. The molecular formula is C21H23N3O2S2. The van der Waals surface area contributed by atoms with Gasteiger partial charge in [0.25, 0.3) is 11.5 Å². The summed E-state index contributed by atoms with van der Waals surface area (Å²) < 4.78 is 1.84. The van der Waals surface area contributed by atoms with Crippen LogP contribution in [0.5, 0.6) is 0 Å². The molecule has 5 heterocycles. The van der Waals surface area contributed by atoms with Crippen LogP contribution in [0.2, 0.25) is 0 Å². The number of carbonyl (C=O) groups is 1. The molecule has 0 N–H and O–H groups in total. The molecule has 2 aliphatic rings. The zero-order valence-electron chi connectivity index (χ0n) is 16.2. The quantitative estimate of drug-likeness (QED) is 0.597. The Kier molecular flexibility index (Phi) is 4.39. The molecule has 1 unspecified atom stereocenters. The first-order valence-electron chi connectivity index (χ1n) is 9.96. The molecule has 3 aromatic heterocycles. The van der Waals surface area contributed by atoms with Crippen molar-refractivity contribution in [1.82, 2.24) is 14.5 Å². The third kappa shape index (κ3) is 2.67. The summed E-state index contributed by atoms with van der Waals surface area (Å²) in [6, 6.07) is 2.20. The topological polar surface area (TPSA) is 55.2 Å². The van der Waals surface area contributed by atoms with E-state index in [4.69, 9.17) is 4.98 Å². The molecule has 0 saturated heterocycles. The van der Waals surface area contributed by atoms with E-state index >= 15 is 0 Å². The second-order valence-electron chi connectivity index (χ2n) is 7.76. The Morgan fingerprint density at radius 3 is 2.93 bits per heavy atom. The van der Waals surface area contributed by atoms with Crippen molar-refractivity contribution in [1.29, 1.82) is 0 Å². The minimum atomic E-state index is 0.0292. The first-order chi connectivity index (χ1) is 13.6. The van der Waals surface area contributed by atoms with Gasteiger partial charge in [0.1, 0.15) is 10.7 Å². The Morgan fingerprint density at radius 1 is 1.21 bits per heavy atom. The molecule has 0 radical (unpaired) electrons. The summed E-state index contributed by atoms with van der Waals surface area (Å²) in [4.78, 5) is 36.1. The van der Waals surface area contributed by atoms with Gasteiger partial charge in [0.2, 0.25) is 0 Å². The van der Waals surface area contributed by atoms with Crippen molar-refractivity contribution in [3.8, 4) is 0 Å². The van der Waals surface area contributed by atoms with Crippen LogP contribution >= 0.6 is 22.7 Å². The highest BCUT2D eigenvalue weighted by molar-refractivity contribution is 7.20. The van der Waals surface area contributed by atoms with Crippen LogP contribution in [0, 0.1) is 6.92 Å². The summed E-state index contributed by atoms with van der Waals surface area (Å²) in [5, 5.41) is 2.75. The molecule has 0 aliphatic carbocycles. The molecule has 7 heteroatoms. The Morgan fingerprint density at radius 2 is 2.07 bits per heavy atom. The first-order valence-corrected chi connectivity index (χ1v) is 11.7. The number of thiophene rings is 2. The smallest absolute Gasteiger partial charge is 0.264 e. The fourth-order valence-electron chi connectivity index (χ4n) is 4.53. The molecule has 0 spiro atoms. The monoisotopic (exact) mass is 413 g/mol. The van der Waals surface area contributed by atoms with Crippen LogP contribution in [0.4, 0.5) is 0 Å². The van der Waals surface area contributed by atoms with Crippen LogP contribution in [0.1, 0.15) is 63.7 Å². The van der Waals surface area contributed by atoms with Gasteiger partial charge in [0.15, 0.2) is 0 Å².